The van der Waals surface area contributed by atoms with Gasteiger partial charge in [0.15, 0.2) is 11.5 Å². The second-order valence-corrected chi connectivity index (χ2v) is 6.39. The van der Waals surface area contributed by atoms with Gasteiger partial charge in [-0.3, -0.25) is 4.79 Å². The highest BCUT2D eigenvalue weighted by Gasteiger charge is 2.39. The van der Waals surface area contributed by atoms with Crippen LogP contribution in [0.3, 0.4) is 0 Å². The Morgan fingerprint density at radius 3 is 2.42 bits per heavy atom. The maximum absolute atomic E-state index is 12.6. The van der Waals surface area contributed by atoms with Crippen LogP contribution in [0.5, 0.6) is 11.5 Å². The second kappa shape index (κ2) is 8.33. The first-order valence-corrected chi connectivity index (χ1v) is 8.33. The van der Waals surface area contributed by atoms with E-state index in [1.54, 1.807) is 26.0 Å². The summed E-state index contributed by atoms with van der Waals surface area (Å²) in [5, 5.41) is 0. The molecule has 2 atom stereocenters. The molecule has 2 rings (SSSR count). The number of benzene rings is 1. The summed E-state index contributed by atoms with van der Waals surface area (Å²) in [6.45, 7) is 2.33. The van der Waals surface area contributed by atoms with E-state index in [0.717, 1.165) is 5.56 Å². The Kier molecular flexibility index (Phi) is 6.39. The maximum atomic E-state index is 12.6. The van der Waals surface area contributed by atoms with E-state index in [0.29, 0.717) is 13.0 Å². The summed E-state index contributed by atoms with van der Waals surface area (Å²) in [7, 11) is 1.28. The molecule has 0 spiro atoms. The standard InChI is InChI=1S/C18H23F2NO5/c1-10(2)25-16-8-12(5-6-15(16)26-18(19)20)13-7-14(17(23)24-4)21(9-13)11(3)22/h5-6,8,10,13-14,18H,7,9H2,1-4H3/t13?,14-/m1/s1. The zero-order valence-electron chi connectivity index (χ0n) is 15.2. The molecule has 1 aliphatic rings. The highest BCUT2D eigenvalue weighted by Crippen LogP contribution is 2.38. The van der Waals surface area contributed by atoms with Crippen LogP contribution in [0.25, 0.3) is 0 Å². The van der Waals surface area contributed by atoms with Gasteiger partial charge in [-0.15, -0.1) is 0 Å². The molecule has 1 unspecified atom stereocenters. The van der Waals surface area contributed by atoms with Crippen molar-refractivity contribution in [2.45, 2.75) is 51.9 Å². The minimum Gasteiger partial charge on any atom is -0.487 e. The lowest BCUT2D eigenvalue weighted by Gasteiger charge is -2.20. The molecular formula is C18H23F2NO5. The van der Waals surface area contributed by atoms with Crippen molar-refractivity contribution < 1.29 is 32.6 Å². The molecule has 0 saturated carbocycles. The zero-order chi connectivity index (χ0) is 19.4. The topological polar surface area (TPSA) is 65.1 Å². The zero-order valence-corrected chi connectivity index (χ0v) is 15.2. The monoisotopic (exact) mass is 371 g/mol. The SMILES string of the molecule is COC(=O)[C@H]1CC(c2ccc(OC(F)F)c(OC(C)C)c2)CN1C(C)=O. The number of methoxy groups -OCH3 is 1. The van der Waals surface area contributed by atoms with Gasteiger partial charge in [0.25, 0.3) is 0 Å². The van der Waals surface area contributed by atoms with E-state index in [4.69, 9.17) is 9.47 Å². The predicted molar refractivity (Wildman–Crippen MR) is 89.4 cm³/mol. The molecule has 0 bridgehead atoms. The number of esters is 1. The smallest absolute Gasteiger partial charge is 0.387 e. The number of carbonyl (C=O) groups excluding carboxylic acids is 2. The maximum Gasteiger partial charge on any atom is 0.387 e. The minimum atomic E-state index is -2.96. The summed E-state index contributed by atoms with van der Waals surface area (Å²) in [6, 6.07) is 4.03. The number of amides is 1. The fourth-order valence-electron chi connectivity index (χ4n) is 3.10. The fourth-order valence-corrected chi connectivity index (χ4v) is 3.10. The van der Waals surface area contributed by atoms with Gasteiger partial charge in [-0.1, -0.05) is 6.07 Å². The first-order valence-electron chi connectivity index (χ1n) is 8.33. The summed E-state index contributed by atoms with van der Waals surface area (Å²) < 4.78 is 40.0. The third-order valence-electron chi connectivity index (χ3n) is 4.20. The molecule has 0 radical (unpaired) electrons. The van der Waals surface area contributed by atoms with E-state index in [2.05, 4.69) is 4.74 Å². The van der Waals surface area contributed by atoms with Gasteiger partial charge in [0.2, 0.25) is 5.91 Å². The van der Waals surface area contributed by atoms with Crippen LogP contribution in [0.15, 0.2) is 18.2 Å². The Labute approximate surface area is 151 Å². The molecule has 1 heterocycles. The van der Waals surface area contributed by atoms with E-state index in [-0.39, 0.29) is 29.4 Å². The average Bonchev–Trinajstić information content (AvgIpc) is 3.00. The Morgan fingerprint density at radius 1 is 1.19 bits per heavy atom. The van der Waals surface area contributed by atoms with Crippen LogP contribution >= 0.6 is 0 Å². The van der Waals surface area contributed by atoms with Gasteiger partial charge in [0, 0.05) is 19.4 Å². The van der Waals surface area contributed by atoms with Crippen molar-refractivity contribution in [3.8, 4) is 11.5 Å². The van der Waals surface area contributed by atoms with E-state index < -0.39 is 18.6 Å². The van der Waals surface area contributed by atoms with Crippen molar-refractivity contribution >= 4 is 11.9 Å². The number of halogens is 2. The molecular weight excluding hydrogens is 348 g/mol. The molecule has 0 N–H and O–H groups in total. The molecule has 1 saturated heterocycles. The summed E-state index contributed by atoms with van der Waals surface area (Å²) in [6.07, 6.45) is 0.160. The molecule has 1 aliphatic heterocycles. The normalized spacial score (nSPS) is 19.8. The van der Waals surface area contributed by atoms with Crippen molar-refractivity contribution in [2.24, 2.45) is 0 Å². The van der Waals surface area contributed by atoms with Crippen LogP contribution in [0.1, 0.15) is 38.7 Å². The number of carbonyl (C=O) groups is 2. The lowest BCUT2D eigenvalue weighted by molar-refractivity contribution is -0.150. The Morgan fingerprint density at radius 2 is 1.88 bits per heavy atom. The number of ether oxygens (including phenoxy) is 3. The molecule has 1 fully saturated rings. The fraction of sp³-hybridized carbons (Fsp3) is 0.556. The lowest BCUT2D eigenvalue weighted by atomic mass is 9.96. The van der Waals surface area contributed by atoms with Crippen molar-refractivity contribution in [1.82, 2.24) is 4.90 Å². The third kappa shape index (κ3) is 4.62. The summed E-state index contributed by atoms with van der Waals surface area (Å²) >= 11 is 0. The van der Waals surface area contributed by atoms with Crippen molar-refractivity contribution in [3.63, 3.8) is 0 Å². The average molecular weight is 371 g/mol. The van der Waals surface area contributed by atoms with Gasteiger partial charge in [-0.2, -0.15) is 8.78 Å². The van der Waals surface area contributed by atoms with E-state index >= 15 is 0 Å². The highest BCUT2D eigenvalue weighted by atomic mass is 19.3. The first-order chi connectivity index (χ1) is 12.2. The number of rotatable bonds is 6. The summed E-state index contributed by atoms with van der Waals surface area (Å²) in [5.41, 5.74) is 0.778. The van der Waals surface area contributed by atoms with E-state index in [1.165, 1.54) is 25.0 Å². The summed E-state index contributed by atoms with van der Waals surface area (Å²) in [5.74, 6) is -0.687. The van der Waals surface area contributed by atoms with Crippen molar-refractivity contribution in [2.75, 3.05) is 13.7 Å². The van der Waals surface area contributed by atoms with Crippen LogP contribution in [0.4, 0.5) is 8.78 Å². The number of likely N-dealkylation sites (tertiary alicyclic amines) is 1. The first kappa shape index (κ1) is 19.9. The van der Waals surface area contributed by atoms with Gasteiger partial charge in [0.05, 0.1) is 13.2 Å². The van der Waals surface area contributed by atoms with Crippen LogP contribution in [-0.4, -0.2) is 49.2 Å². The molecule has 6 nitrogen and oxygen atoms in total. The van der Waals surface area contributed by atoms with Gasteiger partial charge < -0.3 is 19.1 Å². The van der Waals surface area contributed by atoms with Crippen molar-refractivity contribution in [3.05, 3.63) is 23.8 Å². The van der Waals surface area contributed by atoms with Crippen LogP contribution in [0, 0.1) is 0 Å². The van der Waals surface area contributed by atoms with Crippen LogP contribution in [-0.2, 0) is 14.3 Å². The van der Waals surface area contributed by atoms with Gasteiger partial charge in [-0.05, 0) is 38.0 Å². The Hall–Kier alpha value is -2.38. The number of alkyl halides is 2. The molecule has 0 aliphatic carbocycles. The highest BCUT2D eigenvalue weighted by molar-refractivity contribution is 5.84. The number of hydrogen-bond donors (Lipinski definition) is 0. The predicted octanol–water partition coefficient (Wildman–Crippen LogP) is 2.95. The molecule has 144 valence electrons. The Balaban J connectivity index is 2.30. The number of hydrogen-bond acceptors (Lipinski definition) is 5. The van der Waals surface area contributed by atoms with E-state index in [1.807, 2.05) is 0 Å². The summed E-state index contributed by atoms with van der Waals surface area (Å²) in [4.78, 5) is 25.2. The van der Waals surface area contributed by atoms with E-state index in [9.17, 15) is 18.4 Å². The molecule has 8 heteroatoms. The van der Waals surface area contributed by atoms with Crippen molar-refractivity contribution in [1.29, 1.82) is 0 Å². The molecule has 1 amide bonds. The lowest BCUT2D eigenvalue weighted by Crippen LogP contribution is -2.39. The molecule has 1 aromatic rings. The Bertz CT molecular complexity index is 665. The molecule has 0 aromatic heterocycles. The van der Waals surface area contributed by atoms with Crippen LogP contribution in [0.2, 0.25) is 0 Å². The van der Waals surface area contributed by atoms with Crippen LogP contribution < -0.4 is 9.47 Å². The van der Waals surface area contributed by atoms with Gasteiger partial charge in [-0.25, -0.2) is 4.79 Å². The number of nitrogens with zero attached hydrogens (tertiary/aromatic N) is 1. The molecule has 26 heavy (non-hydrogen) atoms. The molecule has 1 aromatic carbocycles. The van der Waals surface area contributed by atoms with Gasteiger partial charge in [0.1, 0.15) is 6.04 Å². The third-order valence-corrected chi connectivity index (χ3v) is 4.20. The quantitative estimate of drug-likeness (QED) is 0.720. The van der Waals surface area contributed by atoms with Gasteiger partial charge >= 0.3 is 12.6 Å². The second-order valence-electron chi connectivity index (χ2n) is 6.39. The minimum absolute atomic E-state index is 0.0524. The largest absolute Gasteiger partial charge is 0.487 e.